The Hall–Kier alpha value is -1.20. The number of nitrogens with zero attached hydrogens (tertiary/aromatic N) is 3. The number of aliphatic hydroxyl groups excluding tert-OH is 1. The van der Waals surface area contributed by atoms with Crippen molar-refractivity contribution in [1.82, 2.24) is 9.97 Å². The van der Waals surface area contributed by atoms with Crippen LogP contribution in [0.4, 0.5) is 5.82 Å². The van der Waals surface area contributed by atoms with Crippen molar-refractivity contribution in [2.24, 2.45) is 5.73 Å². The third kappa shape index (κ3) is 3.43. The Morgan fingerprint density at radius 2 is 2.12 bits per heavy atom. The Balaban J connectivity index is 2.75. The van der Waals surface area contributed by atoms with Crippen molar-refractivity contribution < 1.29 is 5.11 Å². The summed E-state index contributed by atoms with van der Waals surface area (Å²) in [5, 5.41) is 8.85. The fraction of sp³-hybridized carbons (Fsp3) is 0.636. The molecule has 0 bridgehead atoms. The molecule has 16 heavy (non-hydrogen) atoms. The monoisotopic (exact) mass is 224 g/mol. The van der Waals surface area contributed by atoms with Gasteiger partial charge in [0.25, 0.3) is 0 Å². The fourth-order valence-corrected chi connectivity index (χ4v) is 1.48. The smallest absolute Gasteiger partial charge is 0.147 e. The number of aromatic nitrogens is 2. The zero-order valence-electron chi connectivity index (χ0n) is 9.93. The number of rotatable bonds is 6. The van der Waals surface area contributed by atoms with Gasteiger partial charge in [0.05, 0.1) is 18.1 Å². The van der Waals surface area contributed by atoms with Crippen LogP contribution in [0.2, 0.25) is 0 Å². The summed E-state index contributed by atoms with van der Waals surface area (Å²) < 4.78 is 0. The van der Waals surface area contributed by atoms with Crippen molar-refractivity contribution in [1.29, 1.82) is 0 Å². The van der Waals surface area contributed by atoms with E-state index in [1.807, 2.05) is 0 Å². The average molecular weight is 224 g/mol. The first kappa shape index (κ1) is 12.9. The maximum absolute atomic E-state index is 8.85. The van der Waals surface area contributed by atoms with E-state index in [4.69, 9.17) is 10.8 Å². The lowest BCUT2D eigenvalue weighted by Crippen LogP contribution is -2.33. The molecule has 0 aromatic carbocycles. The molecule has 1 heterocycles. The summed E-state index contributed by atoms with van der Waals surface area (Å²) in [6.45, 7) is 5.57. The molecular weight excluding hydrogens is 204 g/mol. The third-order valence-electron chi connectivity index (χ3n) is 2.38. The summed E-state index contributed by atoms with van der Waals surface area (Å²) in [4.78, 5) is 10.7. The molecule has 1 aromatic rings. The van der Waals surface area contributed by atoms with Gasteiger partial charge < -0.3 is 15.7 Å². The van der Waals surface area contributed by atoms with Crippen molar-refractivity contribution in [2.45, 2.75) is 32.9 Å². The summed E-state index contributed by atoms with van der Waals surface area (Å²) in [5.41, 5.74) is 6.25. The third-order valence-corrected chi connectivity index (χ3v) is 2.38. The highest BCUT2D eigenvalue weighted by Gasteiger charge is 2.11. The maximum Gasteiger partial charge on any atom is 0.147 e. The minimum Gasteiger partial charge on any atom is -0.396 e. The topological polar surface area (TPSA) is 75.3 Å². The van der Waals surface area contributed by atoms with E-state index >= 15 is 0 Å². The zero-order chi connectivity index (χ0) is 12.0. The lowest BCUT2D eigenvalue weighted by atomic mass is 10.3. The Morgan fingerprint density at radius 3 is 2.56 bits per heavy atom. The quantitative estimate of drug-likeness (QED) is 0.737. The molecule has 1 aromatic heterocycles. The summed E-state index contributed by atoms with van der Waals surface area (Å²) in [6, 6.07) is 0.338. The standard InChI is InChI=1S/C11H20N4O/c1-9(2)15(4-3-5-16)11-8-13-10(6-12)7-14-11/h7-9,16H,3-6,12H2,1-2H3. The van der Waals surface area contributed by atoms with E-state index in [0.29, 0.717) is 12.6 Å². The van der Waals surface area contributed by atoms with Crippen LogP contribution >= 0.6 is 0 Å². The highest BCUT2D eigenvalue weighted by Crippen LogP contribution is 2.12. The molecule has 0 atom stereocenters. The summed E-state index contributed by atoms with van der Waals surface area (Å²) in [6.07, 6.45) is 4.17. The van der Waals surface area contributed by atoms with Gasteiger partial charge in [-0.2, -0.15) is 0 Å². The second kappa shape index (κ2) is 6.40. The maximum atomic E-state index is 8.85. The molecule has 0 spiro atoms. The van der Waals surface area contributed by atoms with Gasteiger partial charge in [0.2, 0.25) is 0 Å². The second-order valence-corrected chi connectivity index (χ2v) is 3.93. The first-order chi connectivity index (χ1) is 7.69. The molecule has 0 amide bonds. The Morgan fingerprint density at radius 1 is 1.38 bits per heavy atom. The predicted octanol–water partition coefficient (Wildman–Crippen LogP) is 0.532. The Labute approximate surface area is 96.3 Å². The van der Waals surface area contributed by atoms with Crippen LogP contribution in [0.15, 0.2) is 12.4 Å². The van der Waals surface area contributed by atoms with Crippen LogP contribution in [0.25, 0.3) is 0 Å². The molecular formula is C11H20N4O. The van der Waals surface area contributed by atoms with Crippen LogP contribution in [0.3, 0.4) is 0 Å². The molecule has 90 valence electrons. The SMILES string of the molecule is CC(C)N(CCCO)c1cnc(CN)cn1. The van der Waals surface area contributed by atoms with E-state index in [2.05, 4.69) is 28.7 Å². The van der Waals surface area contributed by atoms with Gasteiger partial charge in [0.1, 0.15) is 5.82 Å². The molecule has 0 saturated carbocycles. The van der Waals surface area contributed by atoms with E-state index in [-0.39, 0.29) is 6.61 Å². The molecule has 0 saturated heterocycles. The van der Waals surface area contributed by atoms with Gasteiger partial charge in [-0.1, -0.05) is 0 Å². The first-order valence-corrected chi connectivity index (χ1v) is 5.57. The molecule has 0 fully saturated rings. The zero-order valence-corrected chi connectivity index (χ0v) is 9.93. The molecule has 1 rings (SSSR count). The summed E-state index contributed by atoms with van der Waals surface area (Å²) in [7, 11) is 0. The number of hydrogen-bond acceptors (Lipinski definition) is 5. The minimum absolute atomic E-state index is 0.192. The molecule has 3 N–H and O–H groups in total. The molecule has 0 aliphatic carbocycles. The Kier molecular flexibility index (Phi) is 5.14. The van der Waals surface area contributed by atoms with Crippen molar-refractivity contribution in [3.8, 4) is 0 Å². The van der Waals surface area contributed by atoms with Gasteiger partial charge in [-0.05, 0) is 20.3 Å². The minimum atomic E-state index is 0.192. The highest BCUT2D eigenvalue weighted by atomic mass is 16.3. The molecule has 0 unspecified atom stereocenters. The highest BCUT2D eigenvalue weighted by molar-refractivity contribution is 5.36. The van der Waals surface area contributed by atoms with Crippen molar-refractivity contribution >= 4 is 5.82 Å². The van der Waals surface area contributed by atoms with Gasteiger partial charge in [0.15, 0.2) is 0 Å². The van der Waals surface area contributed by atoms with Gasteiger partial charge in [-0.25, -0.2) is 4.98 Å². The summed E-state index contributed by atoms with van der Waals surface area (Å²) in [5.74, 6) is 0.834. The largest absolute Gasteiger partial charge is 0.396 e. The Bertz CT molecular complexity index is 299. The average Bonchev–Trinajstić information content (AvgIpc) is 2.30. The van der Waals surface area contributed by atoms with Crippen LogP contribution in [0, 0.1) is 0 Å². The number of aliphatic hydroxyl groups is 1. The molecule has 5 nitrogen and oxygen atoms in total. The van der Waals surface area contributed by atoms with Crippen LogP contribution in [-0.2, 0) is 6.54 Å². The summed E-state index contributed by atoms with van der Waals surface area (Å²) >= 11 is 0. The molecule has 0 radical (unpaired) electrons. The van der Waals surface area contributed by atoms with Crippen LogP contribution in [0.1, 0.15) is 26.0 Å². The van der Waals surface area contributed by atoms with Crippen molar-refractivity contribution in [2.75, 3.05) is 18.1 Å². The van der Waals surface area contributed by atoms with E-state index in [0.717, 1.165) is 24.5 Å². The van der Waals surface area contributed by atoms with Crippen LogP contribution < -0.4 is 10.6 Å². The van der Waals surface area contributed by atoms with Gasteiger partial charge >= 0.3 is 0 Å². The lowest BCUT2D eigenvalue weighted by Gasteiger charge is -2.27. The van der Waals surface area contributed by atoms with E-state index in [1.165, 1.54) is 0 Å². The van der Waals surface area contributed by atoms with Crippen LogP contribution in [0.5, 0.6) is 0 Å². The van der Waals surface area contributed by atoms with E-state index < -0.39 is 0 Å². The number of nitrogens with two attached hydrogens (primary N) is 1. The number of anilines is 1. The molecule has 0 aliphatic rings. The second-order valence-electron chi connectivity index (χ2n) is 3.93. The van der Waals surface area contributed by atoms with Crippen molar-refractivity contribution in [3.05, 3.63) is 18.1 Å². The van der Waals surface area contributed by atoms with E-state index in [9.17, 15) is 0 Å². The molecule has 0 aliphatic heterocycles. The van der Waals surface area contributed by atoms with Gasteiger partial charge in [-0.3, -0.25) is 4.98 Å². The van der Waals surface area contributed by atoms with Crippen molar-refractivity contribution in [3.63, 3.8) is 0 Å². The fourth-order valence-electron chi connectivity index (χ4n) is 1.48. The normalized spacial score (nSPS) is 10.8. The lowest BCUT2D eigenvalue weighted by molar-refractivity contribution is 0.288. The molecule has 5 heteroatoms. The first-order valence-electron chi connectivity index (χ1n) is 5.57. The van der Waals surface area contributed by atoms with Crippen LogP contribution in [-0.4, -0.2) is 34.3 Å². The van der Waals surface area contributed by atoms with Gasteiger partial charge in [0, 0.05) is 25.7 Å². The van der Waals surface area contributed by atoms with E-state index in [1.54, 1.807) is 12.4 Å². The van der Waals surface area contributed by atoms with Gasteiger partial charge in [-0.15, -0.1) is 0 Å². The number of hydrogen-bond donors (Lipinski definition) is 2. The predicted molar refractivity (Wildman–Crippen MR) is 64.1 cm³/mol.